The number of hydrogen-bond donors (Lipinski definition) is 2. The second-order valence-electron chi connectivity index (χ2n) is 5.91. The van der Waals surface area contributed by atoms with E-state index in [2.05, 4.69) is 14.9 Å². The molecule has 106 valence electrons. The first-order valence-corrected chi connectivity index (χ1v) is 7.00. The molecule has 1 unspecified atom stereocenters. The molecule has 2 rings (SSSR count). The van der Waals surface area contributed by atoms with Gasteiger partial charge in [-0.2, -0.15) is 0 Å². The van der Waals surface area contributed by atoms with Gasteiger partial charge in [0.15, 0.2) is 0 Å². The smallest absolute Gasteiger partial charge is 0.265 e. The largest absolute Gasteiger partial charge is 0.386 e. The first kappa shape index (κ1) is 14.4. The Kier molecular flexibility index (Phi) is 3.89. The summed E-state index contributed by atoms with van der Waals surface area (Å²) >= 11 is 1.08. The van der Waals surface area contributed by atoms with Gasteiger partial charge in [0.05, 0.1) is 12.3 Å². The van der Waals surface area contributed by atoms with Crippen LogP contribution in [0.1, 0.15) is 42.6 Å². The number of carbonyl (C=O) groups excluding carboxylic acids is 1. The number of nitrogens with zero attached hydrogens (tertiary/aromatic N) is 2. The Morgan fingerprint density at radius 1 is 1.58 bits per heavy atom. The molecule has 19 heavy (non-hydrogen) atoms. The van der Waals surface area contributed by atoms with Crippen molar-refractivity contribution in [2.24, 2.45) is 0 Å². The van der Waals surface area contributed by atoms with Crippen molar-refractivity contribution in [3.05, 3.63) is 10.6 Å². The molecule has 0 aliphatic carbocycles. The third-order valence-corrected chi connectivity index (χ3v) is 3.79. The standard InChI is InChI=1S/C12H19N3O3S/c1-11(2,3)9-8(19-15-14-9)10(16)13-6-12(17)4-5-18-7-12/h17H,4-7H2,1-3H3,(H,13,16). The summed E-state index contributed by atoms with van der Waals surface area (Å²) in [6.07, 6.45) is 0.542. The normalized spacial score (nSPS) is 23.6. The molecule has 7 heteroatoms. The second kappa shape index (κ2) is 5.15. The number of nitrogens with one attached hydrogen (secondary N) is 1. The van der Waals surface area contributed by atoms with Crippen molar-refractivity contribution in [3.8, 4) is 0 Å². The van der Waals surface area contributed by atoms with Crippen molar-refractivity contribution < 1.29 is 14.6 Å². The maximum absolute atomic E-state index is 12.1. The molecule has 1 saturated heterocycles. The molecule has 1 amide bonds. The van der Waals surface area contributed by atoms with Gasteiger partial charge >= 0.3 is 0 Å². The predicted molar refractivity (Wildman–Crippen MR) is 71.3 cm³/mol. The summed E-state index contributed by atoms with van der Waals surface area (Å²) in [5.74, 6) is -0.236. The van der Waals surface area contributed by atoms with Gasteiger partial charge in [-0.15, -0.1) is 5.10 Å². The summed E-state index contributed by atoms with van der Waals surface area (Å²) in [6, 6.07) is 0. The van der Waals surface area contributed by atoms with Crippen LogP contribution in [-0.4, -0.2) is 46.0 Å². The lowest BCUT2D eigenvalue weighted by Crippen LogP contribution is -2.43. The summed E-state index contributed by atoms with van der Waals surface area (Å²) in [7, 11) is 0. The molecule has 1 atom stereocenters. The van der Waals surface area contributed by atoms with Gasteiger partial charge in [-0.1, -0.05) is 25.3 Å². The molecule has 1 aliphatic rings. The molecule has 6 nitrogen and oxygen atoms in total. The number of aromatic nitrogens is 2. The van der Waals surface area contributed by atoms with Crippen molar-refractivity contribution in [1.29, 1.82) is 0 Å². The Hall–Kier alpha value is -1.05. The third kappa shape index (κ3) is 3.29. The topological polar surface area (TPSA) is 84.3 Å². The highest BCUT2D eigenvalue weighted by molar-refractivity contribution is 7.08. The molecule has 1 fully saturated rings. The van der Waals surface area contributed by atoms with E-state index < -0.39 is 5.60 Å². The molecule has 1 aromatic heterocycles. The van der Waals surface area contributed by atoms with Gasteiger partial charge in [0.1, 0.15) is 10.5 Å². The SMILES string of the molecule is CC(C)(C)c1nnsc1C(=O)NCC1(O)CCOC1. The minimum Gasteiger partial charge on any atom is -0.386 e. The van der Waals surface area contributed by atoms with Gasteiger partial charge in [-0.3, -0.25) is 4.79 Å². The van der Waals surface area contributed by atoms with E-state index in [0.29, 0.717) is 23.6 Å². The number of rotatable bonds is 3. The Labute approximate surface area is 116 Å². The first-order chi connectivity index (χ1) is 8.82. The number of ether oxygens (including phenoxy) is 1. The lowest BCUT2D eigenvalue weighted by Gasteiger charge is -2.21. The Bertz CT molecular complexity index is 461. The highest BCUT2D eigenvalue weighted by Crippen LogP contribution is 2.26. The summed E-state index contributed by atoms with van der Waals surface area (Å²) in [5, 5.41) is 16.9. The number of hydrogen-bond acceptors (Lipinski definition) is 6. The van der Waals surface area contributed by atoms with Crippen LogP contribution >= 0.6 is 11.5 Å². The average molecular weight is 285 g/mol. The van der Waals surface area contributed by atoms with Crippen molar-refractivity contribution >= 4 is 17.4 Å². The monoisotopic (exact) mass is 285 g/mol. The van der Waals surface area contributed by atoms with Gasteiger partial charge in [0.2, 0.25) is 0 Å². The highest BCUT2D eigenvalue weighted by Gasteiger charge is 2.33. The van der Waals surface area contributed by atoms with Crippen LogP contribution in [0.15, 0.2) is 0 Å². The van der Waals surface area contributed by atoms with Crippen LogP contribution in [0.2, 0.25) is 0 Å². The number of amides is 1. The molecular formula is C12H19N3O3S. The molecule has 1 aromatic rings. The number of aliphatic hydroxyl groups is 1. The fraction of sp³-hybridized carbons (Fsp3) is 0.750. The lowest BCUT2D eigenvalue weighted by atomic mass is 9.91. The average Bonchev–Trinajstić information content (AvgIpc) is 2.94. The van der Waals surface area contributed by atoms with Crippen LogP contribution in [0.4, 0.5) is 0 Å². The maximum atomic E-state index is 12.1. The first-order valence-electron chi connectivity index (χ1n) is 6.23. The fourth-order valence-corrected chi connectivity index (χ4v) is 2.68. The predicted octanol–water partition coefficient (Wildman–Crippen LogP) is 0.717. The minimum atomic E-state index is -0.949. The van der Waals surface area contributed by atoms with Crippen LogP contribution in [0.25, 0.3) is 0 Å². The zero-order valence-corrected chi connectivity index (χ0v) is 12.2. The van der Waals surface area contributed by atoms with Crippen molar-refractivity contribution in [2.75, 3.05) is 19.8 Å². The number of carbonyl (C=O) groups is 1. The van der Waals surface area contributed by atoms with Crippen LogP contribution in [0.3, 0.4) is 0 Å². The maximum Gasteiger partial charge on any atom is 0.265 e. The molecule has 0 saturated carbocycles. The molecule has 0 spiro atoms. The second-order valence-corrected chi connectivity index (χ2v) is 6.66. The zero-order chi connectivity index (χ0) is 14.1. The molecular weight excluding hydrogens is 266 g/mol. The van der Waals surface area contributed by atoms with E-state index in [4.69, 9.17) is 4.74 Å². The lowest BCUT2D eigenvalue weighted by molar-refractivity contribution is 0.0265. The summed E-state index contributed by atoms with van der Waals surface area (Å²) in [6.45, 7) is 6.94. The van der Waals surface area contributed by atoms with Gasteiger partial charge in [0.25, 0.3) is 5.91 Å². The summed E-state index contributed by atoms with van der Waals surface area (Å²) in [5.41, 5.74) is -0.493. The van der Waals surface area contributed by atoms with Gasteiger partial charge in [0, 0.05) is 25.0 Å². The van der Waals surface area contributed by atoms with E-state index in [1.165, 1.54) is 0 Å². The van der Waals surface area contributed by atoms with Crippen molar-refractivity contribution in [3.63, 3.8) is 0 Å². The van der Waals surface area contributed by atoms with E-state index >= 15 is 0 Å². The molecule has 0 aromatic carbocycles. The van der Waals surface area contributed by atoms with E-state index in [1.807, 2.05) is 20.8 Å². The van der Waals surface area contributed by atoms with Crippen LogP contribution in [0.5, 0.6) is 0 Å². The summed E-state index contributed by atoms with van der Waals surface area (Å²) in [4.78, 5) is 12.6. The van der Waals surface area contributed by atoms with E-state index in [0.717, 1.165) is 11.5 Å². The molecule has 0 radical (unpaired) electrons. The molecule has 0 bridgehead atoms. The minimum absolute atomic E-state index is 0.188. The highest BCUT2D eigenvalue weighted by atomic mass is 32.1. The van der Waals surface area contributed by atoms with Crippen LogP contribution in [-0.2, 0) is 10.2 Å². The van der Waals surface area contributed by atoms with Crippen LogP contribution in [0, 0.1) is 0 Å². The molecule has 2 N–H and O–H groups in total. The third-order valence-electron chi connectivity index (χ3n) is 3.07. The van der Waals surface area contributed by atoms with Crippen molar-refractivity contribution in [1.82, 2.24) is 14.9 Å². The Morgan fingerprint density at radius 2 is 2.32 bits per heavy atom. The van der Waals surface area contributed by atoms with Gasteiger partial charge in [-0.25, -0.2) is 0 Å². The summed E-state index contributed by atoms with van der Waals surface area (Å²) < 4.78 is 8.99. The quantitative estimate of drug-likeness (QED) is 0.854. The van der Waals surface area contributed by atoms with E-state index in [9.17, 15) is 9.90 Å². The molecule has 1 aliphatic heterocycles. The zero-order valence-electron chi connectivity index (χ0n) is 11.4. The van der Waals surface area contributed by atoms with Crippen molar-refractivity contribution in [2.45, 2.75) is 38.2 Å². The van der Waals surface area contributed by atoms with E-state index in [1.54, 1.807) is 0 Å². The van der Waals surface area contributed by atoms with Gasteiger partial charge < -0.3 is 15.2 Å². The van der Waals surface area contributed by atoms with Gasteiger partial charge in [-0.05, 0) is 11.5 Å². The Balaban J connectivity index is 2.03. The Morgan fingerprint density at radius 3 is 2.89 bits per heavy atom. The molecule has 2 heterocycles. The fourth-order valence-electron chi connectivity index (χ4n) is 1.89. The van der Waals surface area contributed by atoms with E-state index in [-0.39, 0.29) is 24.5 Å². The van der Waals surface area contributed by atoms with Crippen LogP contribution < -0.4 is 5.32 Å².